The Labute approximate surface area is 144 Å². The first-order valence-electron chi connectivity index (χ1n) is 8.92. The fourth-order valence-electron chi connectivity index (χ4n) is 3.19. The molecular formula is C19H27N5. The summed E-state index contributed by atoms with van der Waals surface area (Å²) in [5, 5.41) is 3.34. The molecule has 128 valence electrons. The van der Waals surface area contributed by atoms with E-state index in [0.717, 1.165) is 43.4 Å². The highest BCUT2D eigenvalue weighted by Crippen LogP contribution is 2.23. The number of nitrogens with zero attached hydrogens (tertiary/aromatic N) is 4. The zero-order chi connectivity index (χ0) is 16.9. The van der Waals surface area contributed by atoms with Crippen LogP contribution in [0, 0.1) is 6.92 Å². The molecule has 0 aliphatic carbocycles. The van der Waals surface area contributed by atoms with Crippen molar-refractivity contribution in [3.8, 4) is 0 Å². The molecule has 5 heteroatoms. The van der Waals surface area contributed by atoms with Crippen LogP contribution in [0.2, 0.25) is 0 Å². The van der Waals surface area contributed by atoms with E-state index in [-0.39, 0.29) is 0 Å². The van der Waals surface area contributed by atoms with Crippen LogP contribution in [-0.2, 0) is 0 Å². The lowest BCUT2D eigenvalue weighted by Crippen LogP contribution is -2.21. The number of hydrogen-bond acceptors (Lipinski definition) is 5. The molecule has 5 nitrogen and oxygen atoms in total. The molecule has 2 aromatic rings. The molecule has 0 bridgehead atoms. The van der Waals surface area contributed by atoms with Crippen LogP contribution in [0.25, 0.3) is 0 Å². The zero-order valence-electron chi connectivity index (χ0n) is 14.9. The minimum atomic E-state index is 0.674. The summed E-state index contributed by atoms with van der Waals surface area (Å²) in [5.41, 5.74) is 3.26. The Kier molecular flexibility index (Phi) is 5.18. The van der Waals surface area contributed by atoms with Gasteiger partial charge < -0.3 is 15.1 Å². The third kappa shape index (κ3) is 3.78. The van der Waals surface area contributed by atoms with Crippen molar-refractivity contribution in [1.29, 1.82) is 0 Å². The summed E-state index contributed by atoms with van der Waals surface area (Å²) < 4.78 is 0. The predicted octanol–water partition coefficient (Wildman–Crippen LogP) is 3.98. The number of nitrogens with one attached hydrogen (secondary N) is 1. The van der Waals surface area contributed by atoms with Crippen molar-refractivity contribution in [3.63, 3.8) is 0 Å². The summed E-state index contributed by atoms with van der Waals surface area (Å²) in [6.07, 6.45) is 2.50. The van der Waals surface area contributed by atoms with Crippen LogP contribution in [0.15, 0.2) is 30.3 Å². The molecule has 1 aliphatic heterocycles. The Bertz CT molecular complexity index is 658. The summed E-state index contributed by atoms with van der Waals surface area (Å²) in [6.45, 7) is 10.6. The zero-order valence-corrected chi connectivity index (χ0v) is 14.9. The molecule has 0 atom stereocenters. The SMILES string of the molecule is CCN(CC)c1ccc(Nc2nc(C)cc(N3CCCC3)n2)cc1. The highest BCUT2D eigenvalue weighted by Gasteiger charge is 2.15. The highest BCUT2D eigenvalue weighted by molar-refractivity contribution is 5.60. The normalized spacial score (nSPS) is 14.0. The first-order valence-corrected chi connectivity index (χ1v) is 8.92. The number of hydrogen-bond donors (Lipinski definition) is 1. The van der Waals surface area contributed by atoms with E-state index in [2.05, 4.69) is 64.3 Å². The number of anilines is 4. The van der Waals surface area contributed by atoms with Crippen LogP contribution in [0.4, 0.5) is 23.1 Å². The van der Waals surface area contributed by atoms with E-state index in [1.54, 1.807) is 0 Å². The molecule has 1 fully saturated rings. The maximum Gasteiger partial charge on any atom is 0.229 e. The Morgan fingerprint density at radius 1 is 1.04 bits per heavy atom. The van der Waals surface area contributed by atoms with Gasteiger partial charge in [-0.25, -0.2) is 4.98 Å². The Balaban J connectivity index is 1.75. The lowest BCUT2D eigenvalue weighted by molar-refractivity contribution is 0.866. The Morgan fingerprint density at radius 2 is 1.71 bits per heavy atom. The van der Waals surface area contributed by atoms with E-state index in [9.17, 15) is 0 Å². The maximum absolute atomic E-state index is 4.69. The topological polar surface area (TPSA) is 44.3 Å². The maximum atomic E-state index is 4.69. The van der Waals surface area contributed by atoms with Crippen LogP contribution < -0.4 is 15.1 Å². The van der Waals surface area contributed by atoms with Gasteiger partial charge in [-0.3, -0.25) is 0 Å². The van der Waals surface area contributed by atoms with Gasteiger partial charge in [-0.2, -0.15) is 4.98 Å². The van der Waals surface area contributed by atoms with Gasteiger partial charge in [-0.1, -0.05) is 0 Å². The van der Waals surface area contributed by atoms with Crippen molar-refractivity contribution >= 4 is 23.1 Å². The Morgan fingerprint density at radius 3 is 2.33 bits per heavy atom. The summed E-state index contributed by atoms with van der Waals surface area (Å²) in [5.74, 6) is 1.70. The number of rotatable bonds is 6. The van der Waals surface area contributed by atoms with Gasteiger partial charge in [-0.05, 0) is 57.9 Å². The van der Waals surface area contributed by atoms with Crippen LogP contribution >= 0.6 is 0 Å². The lowest BCUT2D eigenvalue weighted by Gasteiger charge is -2.21. The molecule has 3 rings (SSSR count). The van der Waals surface area contributed by atoms with Gasteiger partial charge in [-0.15, -0.1) is 0 Å². The van der Waals surface area contributed by atoms with E-state index >= 15 is 0 Å². The van der Waals surface area contributed by atoms with Crippen molar-refractivity contribution in [2.75, 3.05) is 41.3 Å². The third-order valence-electron chi connectivity index (χ3n) is 4.52. The predicted molar refractivity (Wildman–Crippen MR) is 102 cm³/mol. The first-order chi connectivity index (χ1) is 11.7. The summed E-state index contributed by atoms with van der Waals surface area (Å²) >= 11 is 0. The van der Waals surface area contributed by atoms with Gasteiger partial charge >= 0.3 is 0 Å². The molecular weight excluding hydrogens is 298 g/mol. The first kappa shape index (κ1) is 16.6. The van der Waals surface area contributed by atoms with Gasteiger partial charge in [0.2, 0.25) is 5.95 Å². The second kappa shape index (κ2) is 7.51. The number of aromatic nitrogens is 2. The second-order valence-corrected chi connectivity index (χ2v) is 6.23. The molecule has 1 N–H and O–H groups in total. The monoisotopic (exact) mass is 325 g/mol. The van der Waals surface area contributed by atoms with Crippen molar-refractivity contribution in [2.45, 2.75) is 33.6 Å². The van der Waals surface area contributed by atoms with E-state index < -0.39 is 0 Å². The number of aryl methyl sites for hydroxylation is 1. The fraction of sp³-hybridized carbons (Fsp3) is 0.474. The smallest absolute Gasteiger partial charge is 0.229 e. The molecule has 1 aromatic heterocycles. The molecule has 0 radical (unpaired) electrons. The van der Waals surface area contributed by atoms with Crippen LogP contribution in [0.5, 0.6) is 0 Å². The molecule has 2 heterocycles. The average molecular weight is 325 g/mol. The minimum Gasteiger partial charge on any atom is -0.372 e. The highest BCUT2D eigenvalue weighted by atomic mass is 15.2. The average Bonchev–Trinajstić information content (AvgIpc) is 3.11. The Hall–Kier alpha value is -2.30. The van der Waals surface area contributed by atoms with Crippen molar-refractivity contribution in [3.05, 3.63) is 36.0 Å². The van der Waals surface area contributed by atoms with Crippen molar-refractivity contribution in [1.82, 2.24) is 9.97 Å². The standard InChI is InChI=1S/C19H27N5/c1-4-23(5-2)17-10-8-16(9-11-17)21-19-20-15(3)14-18(22-19)24-12-6-7-13-24/h8-11,14H,4-7,12-13H2,1-3H3,(H,20,21,22). The van der Waals surface area contributed by atoms with Gasteiger partial charge in [0.15, 0.2) is 0 Å². The summed E-state index contributed by atoms with van der Waals surface area (Å²) in [7, 11) is 0. The van der Waals surface area contributed by atoms with E-state index in [4.69, 9.17) is 4.98 Å². The van der Waals surface area contributed by atoms with Crippen molar-refractivity contribution in [2.24, 2.45) is 0 Å². The lowest BCUT2D eigenvalue weighted by atomic mass is 10.2. The van der Waals surface area contributed by atoms with Gasteiger partial charge in [0.25, 0.3) is 0 Å². The summed E-state index contributed by atoms with van der Waals surface area (Å²) in [6, 6.07) is 10.5. The molecule has 24 heavy (non-hydrogen) atoms. The quantitative estimate of drug-likeness (QED) is 0.870. The fourth-order valence-corrected chi connectivity index (χ4v) is 3.19. The van der Waals surface area contributed by atoms with E-state index in [0.29, 0.717) is 5.95 Å². The van der Waals surface area contributed by atoms with Gasteiger partial charge in [0.05, 0.1) is 0 Å². The molecule has 1 aliphatic rings. The molecule has 1 aromatic carbocycles. The van der Waals surface area contributed by atoms with Crippen LogP contribution in [0.1, 0.15) is 32.4 Å². The molecule has 0 amide bonds. The number of benzene rings is 1. The van der Waals surface area contributed by atoms with E-state index in [1.807, 2.05) is 6.92 Å². The largest absolute Gasteiger partial charge is 0.372 e. The van der Waals surface area contributed by atoms with Crippen LogP contribution in [0.3, 0.4) is 0 Å². The summed E-state index contributed by atoms with van der Waals surface area (Å²) in [4.78, 5) is 13.9. The van der Waals surface area contributed by atoms with Crippen molar-refractivity contribution < 1.29 is 0 Å². The molecule has 0 spiro atoms. The van der Waals surface area contributed by atoms with Gasteiger partial charge in [0.1, 0.15) is 5.82 Å². The van der Waals surface area contributed by atoms with Crippen LogP contribution in [-0.4, -0.2) is 36.1 Å². The second-order valence-electron chi connectivity index (χ2n) is 6.23. The van der Waals surface area contributed by atoms with Gasteiger partial charge in [0, 0.05) is 49.3 Å². The third-order valence-corrected chi connectivity index (χ3v) is 4.52. The molecule has 0 saturated carbocycles. The molecule has 1 saturated heterocycles. The molecule has 0 unspecified atom stereocenters. The van der Waals surface area contributed by atoms with E-state index in [1.165, 1.54) is 18.5 Å². The minimum absolute atomic E-state index is 0.674.